The predicted molar refractivity (Wildman–Crippen MR) is 107 cm³/mol. The van der Waals surface area contributed by atoms with Gasteiger partial charge in [-0.3, -0.25) is 9.40 Å². The first-order chi connectivity index (χ1) is 14.3. The predicted octanol–water partition coefficient (Wildman–Crippen LogP) is 5.48. The number of sulfonamides is 1. The second kappa shape index (κ2) is 7.79. The molecule has 9 heteroatoms. The summed E-state index contributed by atoms with van der Waals surface area (Å²) in [6.07, 6.45) is 0.584. The Kier molecular flexibility index (Phi) is 5.31. The fourth-order valence-electron chi connectivity index (χ4n) is 3.74. The zero-order valence-electron chi connectivity index (χ0n) is 15.9. The van der Waals surface area contributed by atoms with E-state index >= 15 is 0 Å². The molecule has 0 bridgehead atoms. The van der Waals surface area contributed by atoms with Crippen LogP contribution in [0.5, 0.6) is 0 Å². The average molecular weight is 435 g/mol. The number of alkyl halides is 3. The summed E-state index contributed by atoms with van der Waals surface area (Å²) >= 11 is 0. The molecule has 2 aromatic carbocycles. The summed E-state index contributed by atoms with van der Waals surface area (Å²) in [6, 6.07) is 13.4. The van der Waals surface area contributed by atoms with E-state index < -0.39 is 27.5 Å². The number of para-hydroxylation sites is 1. The minimum absolute atomic E-state index is 0.0823. The quantitative estimate of drug-likeness (QED) is 0.577. The van der Waals surface area contributed by atoms with Crippen molar-refractivity contribution in [3.05, 3.63) is 66.4 Å². The second-order valence-corrected chi connectivity index (χ2v) is 8.93. The molecule has 158 valence electrons. The lowest BCUT2D eigenvalue weighted by Crippen LogP contribution is -2.17. The molecule has 1 saturated carbocycles. The van der Waals surface area contributed by atoms with Crippen molar-refractivity contribution in [1.82, 2.24) is 9.78 Å². The maximum atomic E-state index is 13.3. The molecule has 1 aromatic heterocycles. The van der Waals surface area contributed by atoms with Gasteiger partial charge in [-0.1, -0.05) is 55.3 Å². The summed E-state index contributed by atoms with van der Waals surface area (Å²) in [4.78, 5) is -0.141. The average Bonchev–Trinajstić information content (AvgIpc) is 3.38. The third kappa shape index (κ3) is 4.07. The zero-order chi connectivity index (χ0) is 21.4. The highest BCUT2D eigenvalue weighted by Crippen LogP contribution is 2.37. The summed E-state index contributed by atoms with van der Waals surface area (Å²) in [7, 11) is -4.32. The summed E-state index contributed by atoms with van der Waals surface area (Å²) in [6.45, 7) is 0. The number of anilines is 1. The Labute approximate surface area is 172 Å². The van der Waals surface area contributed by atoms with Gasteiger partial charge in [-0.15, -0.1) is 0 Å². The van der Waals surface area contributed by atoms with Crippen LogP contribution in [-0.4, -0.2) is 18.2 Å². The smallest absolute Gasteiger partial charge is 0.279 e. The highest BCUT2D eigenvalue weighted by molar-refractivity contribution is 7.92. The number of hydrogen-bond donors (Lipinski definition) is 1. The van der Waals surface area contributed by atoms with Crippen molar-refractivity contribution in [2.24, 2.45) is 0 Å². The molecule has 3 aromatic rings. The van der Waals surface area contributed by atoms with Crippen LogP contribution in [0.25, 0.3) is 11.3 Å². The molecule has 0 radical (unpaired) electrons. The number of nitrogens with one attached hydrogen (secondary N) is 1. The number of hydrogen-bond acceptors (Lipinski definition) is 3. The van der Waals surface area contributed by atoms with Crippen molar-refractivity contribution < 1.29 is 21.6 Å². The first-order valence-corrected chi connectivity index (χ1v) is 11.1. The van der Waals surface area contributed by atoms with Gasteiger partial charge in [-0.25, -0.2) is 8.42 Å². The van der Waals surface area contributed by atoms with Crippen LogP contribution in [0.1, 0.15) is 37.3 Å². The maximum Gasteiger partial charge on any atom is 0.418 e. The van der Waals surface area contributed by atoms with Crippen molar-refractivity contribution in [2.75, 3.05) is 4.72 Å². The number of halogens is 3. The number of aromatic nitrogens is 2. The van der Waals surface area contributed by atoms with Crippen LogP contribution in [0.3, 0.4) is 0 Å². The molecule has 4 rings (SSSR count). The van der Waals surface area contributed by atoms with E-state index in [1.807, 2.05) is 0 Å². The first-order valence-electron chi connectivity index (χ1n) is 9.59. The monoisotopic (exact) mass is 435 g/mol. The van der Waals surface area contributed by atoms with E-state index in [-0.39, 0.29) is 16.6 Å². The molecule has 0 unspecified atom stereocenters. The van der Waals surface area contributed by atoms with Crippen LogP contribution in [0, 0.1) is 0 Å². The van der Waals surface area contributed by atoms with Crippen molar-refractivity contribution in [3.63, 3.8) is 0 Å². The standard InChI is InChI=1S/C21H20F3N3O2S/c22-21(23,24)17-12-6-7-13-18(17)26-30(28,29)19-14-27(16-10-4-5-11-16)25-20(19)15-8-2-1-3-9-15/h1-3,6-9,12-14,16,26H,4-5,10-11H2. The van der Waals surface area contributed by atoms with Crippen LogP contribution < -0.4 is 4.72 Å². The van der Waals surface area contributed by atoms with Crippen LogP contribution in [0.15, 0.2) is 65.7 Å². The van der Waals surface area contributed by atoms with E-state index in [9.17, 15) is 21.6 Å². The van der Waals surface area contributed by atoms with Gasteiger partial charge >= 0.3 is 6.18 Å². The normalized spacial score (nSPS) is 15.4. The minimum Gasteiger partial charge on any atom is -0.279 e. The lowest BCUT2D eigenvalue weighted by atomic mass is 10.2. The zero-order valence-corrected chi connectivity index (χ0v) is 16.7. The van der Waals surface area contributed by atoms with Gasteiger partial charge in [0.15, 0.2) is 0 Å². The third-order valence-corrected chi connectivity index (χ3v) is 6.58. The van der Waals surface area contributed by atoms with Gasteiger partial charge in [0.2, 0.25) is 0 Å². The topological polar surface area (TPSA) is 64.0 Å². The molecule has 1 heterocycles. The highest BCUT2D eigenvalue weighted by atomic mass is 32.2. The Bertz CT molecular complexity index is 1140. The Morgan fingerprint density at radius 3 is 2.27 bits per heavy atom. The van der Waals surface area contributed by atoms with E-state index in [0.717, 1.165) is 37.8 Å². The molecule has 1 aliphatic rings. The molecule has 30 heavy (non-hydrogen) atoms. The highest BCUT2D eigenvalue weighted by Gasteiger charge is 2.35. The van der Waals surface area contributed by atoms with Crippen LogP contribution in [0.2, 0.25) is 0 Å². The van der Waals surface area contributed by atoms with Crippen LogP contribution >= 0.6 is 0 Å². The number of nitrogens with zero attached hydrogens (tertiary/aromatic N) is 2. The second-order valence-electron chi connectivity index (χ2n) is 7.28. The van der Waals surface area contributed by atoms with Gasteiger partial charge in [0.25, 0.3) is 10.0 Å². The number of rotatable bonds is 5. The van der Waals surface area contributed by atoms with E-state index in [0.29, 0.717) is 5.56 Å². The van der Waals surface area contributed by atoms with E-state index in [1.165, 1.54) is 18.3 Å². The van der Waals surface area contributed by atoms with Gasteiger partial charge in [-0.05, 0) is 25.0 Å². The fourth-order valence-corrected chi connectivity index (χ4v) is 4.98. The Morgan fingerprint density at radius 1 is 0.967 bits per heavy atom. The van der Waals surface area contributed by atoms with Gasteiger partial charge < -0.3 is 0 Å². The Balaban J connectivity index is 1.79. The molecule has 0 atom stereocenters. The van der Waals surface area contributed by atoms with E-state index in [1.54, 1.807) is 35.0 Å². The molecule has 5 nitrogen and oxygen atoms in total. The lowest BCUT2D eigenvalue weighted by molar-refractivity contribution is -0.136. The van der Waals surface area contributed by atoms with E-state index in [4.69, 9.17) is 0 Å². The molecule has 1 aliphatic carbocycles. The summed E-state index contributed by atoms with van der Waals surface area (Å²) in [5.41, 5.74) is -0.756. The lowest BCUT2D eigenvalue weighted by Gasteiger charge is -2.14. The van der Waals surface area contributed by atoms with E-state index in [2.05, 4.69) is 9.82 Å². The van der Waals surface area contributed by atoms with Crippen molar-refractivity contribution in [2.45, 2.75) is 42.8 Å². The molecule has 1 N–H and O–H groups in total. The first kappa shape index (κ1) is 20.5. The third-order valence-electron chi connectivity index (χ3n) is 5.21. The molecule has 1 fully saturated rings. The summed E-state index contributed by atoms with van der Waals surface area (Å²) in [5.74, 6) is 0. The molecule has 0 amide bonds. The van der Waals surface area contributed by atoms with Gasteiger partial charge in [0.05, 0.1) is 17.3 Å². The summed E-state index contributed by atoms with van der Waals surface area (Å²) < 4.78 is 70.1. The van der Waals surface area contributed by atoms with Gasteiger partial charge in [0.1, 0.15) is 10.6 Å². The van der Waals surface area contributed by atoms with Crippen molar-refractivity contribution in [3.8, 4) is 11.3 Å². The Hall–Kier alpha value is -2.81. The van der Waals surface area contributed by atoms with Crippen LogP contribution in [-0.2, 0) is 16.2 Å². The number of benzene rings is 2. The van der Waals surface area contributed by atoms with Gasteiger partial charge in [-0.2, -0.15) is 18.3 Å². The van der Waals surface area contributed by atoms with Crippen molar-refractivity contribution in [1.29, 1.82) is 0 Å². The molecule has 0 saturated heterocycles. The van der Waals surface area contributed by atoms with Crippen molar-refractivity contribution >= 4 is 15.7 Å². The molecular weight excluding hydrogens is 415 g/mol. The molecule has 0 aliphatic heterocycles. The Morgan fingerprint density at radius 2 is 1.60 bits per heavy atom. The van der Waals surface area contributed by atoms with Gasteiger partial charge in [0, 0.05) is 11.8 Å². The fraction of sp³-hybridized carbons (Fsp3) is 0.286. The maximum absolute atomic E-state index is 13.3. The van der Waals surface area contributed by atoms with Crippen LogP contribution in [0.4, 0.5) is 18.9 Å². The SMILES string of the molecule is O=S(=O)(Nc1ccccc1C(F)(F)F)c1cn(C2CCCC2)nc1-c1ccccc1. The minimum atomic E-state index is -4.69. The molecule has 0 spiro atoms. The molecular formula is C21H20F3N3O2S. The summed E-state index contributed by atoms with van der Waals surface area (Å²) in [5, 5.41) is 4.52. The largest absolute Gasteiger partial charge is 0.418 e.